The topological polar surface area (TPSA) is 46.2 Å². The van der Waals surface area contributed by atoms with Gasteiger partial charge in [0.25, 0.3) is 0 Å². The van der Waals surface area contributed by atoms with Crippen LogP contribution in [0.25, 0.3) is 0 Å². The summed E-state index contributed by atoms with van der Waals surface area (Å²) in [5, 5.41) is 3.45. The van der Waals surface area contributed by atoms with Gasteiger partial charge in [-0.3, -0.25) is 0 Å². The first kappa shape index (κ1) is 13.0. The zero-order valence-corrected chi connectivity index (χ0v) is 10.6. The highest BCUT2D eigenvalue weighted by Gasteiger charge is 2.25. The molecule has 0 aliphatic heterocycles. The first-order chi connectivity index (χ1) is 7.01. The van der Waals surface area contributed by atoms with E-state index in [0.717, 1.165) is 31.7 Å². The van der Waals surface area contributed by atoms with Gasteiger partial charge in [-0.15, -0.1) is 0 Å². The second-order valence-corrected chi connectivity index (χ2v) is 7.01. The van der Waals surface area contributed by atoms with Crippen LogP contribution < -0.4 is 5.32 Å². The van der Waals surface area contributed by atoms with Crippen LogP contribution in [0.4, 0.5) is 0 Å². The summed E-state index contributed by atoms with van der Waals surface area (Å²) in [5.41, 5.74) is 0. The highest BCUT2D eigenvalue weighted by Crippen LogP contribution is 2.34. The maximum atomic E-state index is 11.1. The lowest BCUT2D eigenvalue weighted by Crippen LogP contribution is -2.32. The fraction of sp³-hybridized carbons (Fsp3) is 1.00. The maximum absolute atomic E-state index is 11.1. The van der Waals surface area contributed by atoms with Gasteiger partial charge in [0.05, 0.1) is 5.75 Å². The summed E-state index contributed by atoms with van der Waals surface area (Å²) in [5.74, 6) is 1.18. The predicted molar refractivity (Wildman–Crippen MR) is 63.8 cm³/mol. The van der Waals surface area contributed by atoms with Gasteiger partial charge >= 0.3 is 0 Å². The molecule has 1 unspecified atom stereocenters. The SMILES string of the molecule is CCCNC(CCS(C)(=O)=O)CC1CC1. The highest BCUT2D eigenvalue weighted by atomic mass is 32.2. The molecule has 0 aromatic heterocycles. The van der Waals surface area contributed by atoms with E-state index in [9.17, 15) is 8.42 Å². The second kappa shape index (κ2) is 5.85. The fourth-order valence-electron chi connectivity index (χ4n) is 1.76. The molecule has 1 saturated carbocycles. The largest absolute Gasteiger partial charge is 0.314 e. The molecule has 0 radical (unpaired) electrons. The summed E-state index contributed by atoms with van der Waals surface area (Å²) in [7, 11) is -2.80. The van der Waals surface area contributed by atoms with E-state index in [4.69, 9.17) is 0 Å². The molecule has 0 spiro atoms. The van der Waals surface area contributed by atoms with Gasteiger partial charge in [0.15, 0.2) is 0 Å². The van der Waals surface area contributed by atoms with Crippen molar-refractivity contribution in [3.63, 3.8) is 0 Å². The molecule has 4 heteroatoms. The van der Waals surface area contributed by atoms with Crippen molar-refractivity contribution in [2.45, 2.75) is 45.1 Å². The van der Waals surface area contributed by atoms with Crippen LogP contribution in [0, 0.1) is 5.92 Å². The Hall–Kier alpha value is -0.0900. The number of nitrogens with one attached hydrogen (secondary N) is 1. The van der Waals surface area contributed by atoms with Gasteiger partial charge in [-0.1, -0.05) is 19.8 Å². The van der Waals surface area contributed by atoms with Crippen LogP contribution in [0.1, 0.15) is 39.0 Å². The van der Waals surface area contributed by atoms with Crippen LogP contribution >= 0.6 is 0 Å². The third kappa shape index (κ3) is 6.90. The Balaban J connectivity index is 2.26. The molecule has 1 aliphatic carbocycles. The van der Waals surface area contributed by atoms with Gasteiger partial charge in [-0.25, -0.2) is 8.42 Å². The minimum atomic E-state index is -2.80. The third-order valence-electron chi connectivity index (χ3n) is 2.83. The van der Waals surface area contributed by atoms with Crippen molar-refractivity contribution in [2.24, 2.45) is 5.92 Å². The molecule has 0 amide bonds. The fourth-order valence-corrected chi connectivity index (χ4v) is 2.48. The summed E-state index contributed by atoms with van der Waals surface area (Å²) in [6, 6.07) is 0.409. The van der Waals surface area contributed by atoms with E-state index in [-0.39, 0.29) is 0 Å². The summed E-state index contributed by atoms with van der Waals surface area (Å²) >= 11 is 0. The first-order valence-electron chi connectivity index (χ1n) is 5.92. The van der Waals surface area contributed by atoms with Gasteiger partial charge in [0.2, 0.25) is 0 Å². The van der Waals surface area contributed by atoms with Crippen LogP contribution in [-0.4, -0.2) is 33.0 Å². The van der Waals surface area contributed by atoms with Crippen molar-refractivity contribution in [2.75, 3.05) is 18.6 Å². The molecule has 3 nitrogen and oxygen atoms in total. The average molecular weight is 233 g/mol. The van der Waals surface area contributed by atoms with Crippen LogP contribution in [-0.2, 0) is 9.84 Å². The quantitative estimate of drug-likeness (QED) is 0.692. The van der Waals surface area contributed by atoms with Crippen LogP contribution in [0.5, 0.6) is 0 Å². The highest BCUT2D eigenvalue weighted by molar-refractivity contribution is 7.90. The van der Waals surface area contributed by atoms with Crippen molar-refractivity contribution >= 4 is 9.84 Å². The third-order valence-corrected chi connectivity index (χ3v) is 3.81. The van der Waals surface area contributed by atoms with E-state index in [2.05, 4.69) is 12.2 Å². The minimum absolute atomic E-state index is 0.321. The predicted octanol–water partition coefficient (Wildman–Crippen LogP) is 1.59. The van der Waals surface area contributed by atoms with E-state index in [1.54, 1.807) is 0 Å². The smallest absolute Gasteiger partial charge is 0.147 e. The van der Waals surface area contributed by atoms with Gasteiger partial charge in [0, 0.05) is 12.3 Å². The monoisotopic (exact) mass is 233 g/mol. The molecule has 90 valence electrons. The van der Waals surface area contributed by atoms with Gasteiger partial charge < -0.3 is 5.32 Å². The molecule has 0 bridgehead atoms. The molecule has 0 aromatic rings. The molecule has 0 heterocycles. The number of hydrogen-bond acceptors (Lipinski definition) is 3. The zero-order chi connectivity index (χ0) is 11.3. The molecule has 0 saturated heterocycles. The second-order valence-electron chi connectivity index (χ2n) is 4.75. The summed E-state index contributed by atoms with van der Waals surface area (Å²) < 4.78 is 22.2. The van der Waals surface area contributed by atoms with Crippen molar-refractivity contribution in [1.82, 2.24) is 5.32 Å². The lowest BCUT2D eigenvalue weighted by Gasteiger charge is -2.17. The van der Waals surface area contributed by atoms with Crippen LogP contribution in [0.2, 0.25) is 0 Å². The molecule has 1 aliphatic rings. The molecule has 1 rings (SSSR count). The summed E-state index contributed by atoms with van der Waals surface area (Å²) in [6.45, 7) is 3.14. The van der Waals surface area contributed by atoms with Crippen LogP contribution in [0.15, 0.2) is 0 Å². The van der Waals surface area contributed by atoms with E-state index in [1.165, 1.54) is 19.1 Å². The molecule has 0 aromatic carbocycles. The molecule has 1 atom stereocenters. The molecular weight excluding hydrogens is 210 g/mol. The normalized spacial score (nSPS) is 19.1. The molecular formula is C11H23NO2S. The Morgan fingerprint density at radius 3 is 2.53 bits per heavy atom. The number of rotatable bonds is 8. The van der Waals surface area contributed by atoms with Crippen molar-refractivity contribution < 1.29 is 8.42 Å². The Bertz CT molecular complexity index is 270. The maximum Gasteiger partial charge on any atom is 0.147 e. The van der Waals surface area contributed by atoms with Gasteiger partial charge in [-0.2, -0.15) is 0 Å². The number of sulfone groups is 1. The van der Waals surface area contributed by atoms with E-state index >= 15 is 0 Å². The van der Waals surface area contributed by atoms with Crippen molar-refractivity contribution in [3.05, 3.63) is 0 Å². The average Bonchev–Trinajstić information content (AvgIpc) is 2.92. The Morgan fingerprint density at radius 1 is 1.40 bits per heavy atom. The standard InChI is InChI=1S/C11H23NO2S/c1-3-7-12-11(9-10-4-5-10)6-8-15(2,13)14/h10-12H,3-9H2,1-2H3. The van der Waals surface area contributed by atoms with Gasteiger partial charge in [0.1, 0.15) is 9.84 Å². The number of hydrogen-bond donors (Lipinski definition) is 1. The summed E-state index contributed by atoms with van der Waals surface area (Å²) in [4.78, 5) is 0. The van der Waals surface area contributed by atoms with E-state index < -0.39 is 9.84 Å². The Morgan fingerprint density at radius 2 is 2.07 bits per heavy atom. The lowest BCUT2D eigenvalue weighted by molar-refractivity contribution is 0.445. The molecule has 15 heavy (non-hydrogen) atoms. The zero-order valence-electron chi connectivity index (χ0n) is 9.83. The summed E-state index contributed by atoms with van der Waals surface area (Å²) in [6.07, 6.45) is 7.04. The van der Waals surface area contributed by atoms with Gasteiger partial charge in [-0.05, 0) is 31.7 Å². The molecule has 1 fully saturated rings. The van der Waals surface area contributed by atoms with E-state index in [1.807, 2.05) is 0 Å². The Labute approximate surface area is 93.6 Å². The lowest BCUT2D eigenvalue weighted by atomic mass is 10.1. The Kier molecular flexibility index (Phi) is 5.06. The van der Waals surface area contributed by atoms with Crippen molar-refractivity contribution in [3.8, 4) is 0 Å². The minimum Gasteiger partial charge on any atom is -0.314 e. The van der Waals surface area contributed by atoms with E-state index in [0.29, 0.717) is 11.8 Å². The van der Waals surface area contributed by atoms with Crippen molar-refractivity contribution in [1.29, 1.82) is 0 Å². The molecule has 1 N–H and O–H groups in total. The first-order valence-corrected chi connectivity index (χ1v) is 7.98. The van der Waals surface area contributed by atoms with Crippen LogP contribution in [0.3, 0.4) is 0 Å².